The SMILES string of the molecule is c1ccc([C@@H]2[C@@H](c3ccccc3)N2c2ccccc2)cc1. The highest BCUT2D eigenvalue weighted by Crippen LogP contribution is 2.56. The Morgan fingerprint density at radius 1 is 0.476 bits per heavy atom. The van der Waals surface area contributed by atoms with Crippen LogP contribution in [0.2, 0.25) is 0 Å². The van der Waals surface area contributed by atoms with Crippen molar-refractivity contribution in [3.63, 3.8) is 0 Å². The maximum atomic E-state index is 2.49. The van der Waals surface area contributed by atoms with E-state index in [-0.39, 0.29) is 0 Å². The van der Waals surface area contributed by atoms with Gasteiger partial charge in [-0.3, -0.25) is 0 Å². The molecule has 1 nitrogen and oxygen atoms in total. The van der Waals surface area contributed by atoms with E-state index in [0.29, 0.717) is 12.1 Å². The van der Waals surface area contributed by atoms with Crippen molar-refractivity contribution in [1.82, 2.24) is 0 Å². The van der Waals surface area contributed by atoms with Crippen LogP contribution in [0, 0.1) is 0 Å². The molecule has 0 aromatic heterocycles. The zero-order valence-electron chi connectivity index (χ0n) is 11.8. The minimum absolute atomic E-state index is 0.441. The minimum atomic E-state index is 0.441. The van der Waals surface area contributed by atoms with Gasteiger partial charge in [0.1, 0.15) is 0 Å². The van der Waals surface area contributed by atoms with Gasteiger partial charge in [-0.05, 0) is 23.3 Å². The van der Waals surface area contributed by atoms with Crippen molar-refractivity contribution in [3.05, 3.63) is 102 Å². The van der Waals surface area contributed by atoms with E-state index in [2.05, 4.69) is 95.9 Å². The average Bonchev–Trinajstić information content (AvgIpc) is 3.33. The van der Waals surface area contributed by atoms with Crippen LogP contribution in [-0.2, 0) is 0 Å². The first kappa shape index (κ1) is 12.2. The first-order valence-electron chi connectivity index (χ1n) is 7.38. The maximum Gasteiger partial charge on any atom is 0.0795 e. The second-order valence-electron chi connectivity index (χ2n) is 5.45. The van der Waals surface area contributed by atoms with Gasteiger partial charge in [0.15, 0.2) is 0 Å². The van der Waals surface area contributed by atoms with Gasteiger partial charge in [-0.25, -0.2) is 0 Å². The average molecular weight is 271 g/mol. The van der Waals surface area contributed by atoms with Crippen LogP contribution in [0.4, 0.5) is 5.69 Å². The molecular weight excluding hydrogens is 254 g/mol. The van der Waals surface area contributed by atoms with Gasteiger partial charge in [-0.2, -0.15) is 0 Å². The van der Waals surface area contributed by atoms with Gasteiger partial charge in [-0.1, -0.05) is 78.9 Å². The summed E-state index contributed by atoms with van der Waals surface area (Å²) in [6, 6.07) is 33.1. The molecule has 0 amide bonds. The third-order valence-corrected chi connectivity index (χ3v) is 4.15. The number of para-hydroxylation sites is 1. The predicted molar refractivity (Wildman–Crippen MR) is 87.3 cm³/mol. The summed E-state index contributed by atoms with van der Waals surface area (Å²) in [5, 5.41) is 0. The first-order chi connectivity index (χ1) is 10.4. The molecule has 3 aromatic rings. The van der Waals surface area contributed by atoms with Crippen LogP contribution in [0.1, 0.15) is 23.2 Å². The zero-order valence-corrected chi connectivity index (χ0v) is 11.8. The third kappa shape index (κ3) is 2.21. The highest BCUT2D eigenvalue weighted by Gasteiger charge is 2.49. The third-order valence-electron chi connectivity index (χ3n) is 4.15. The summed E-state index contributed by atoms with van der Waals surface area (Å²) in [7, 11) is 0. The molecule has 0 radical (unpaired) electrons. The maximum absolute atomic E-state index is 2.49. The Kier molecular flexibility index (Phi) is 2.97. The van der Waals surface area contributed by atoms with Crippen molar-refractivity contribution < 1.29 is 0 Å². The molecule has 1 aliphatic heterocycles. The molecule has 0 aliphatic carbocycles. The normalized spacial score (nSPS) is 20.3. The summed E-state index contributed by atoms with van der Waals surface area (Å²) in [6.07, 6.45) is 0. The quantitative estimate of drug-likeness (QED) is 0.606. The van der Waals surface area contributed by atoms with E-state index >= 15 is 0 Å². The Bertz CT molecular complexity index is 597. The lowest BCUT2D eigenvalue weighted by Gasteiger charge is -2.06. The Labute approximate surface area is 125 Å². The van der Waals surface area contributed by atoms with Crippen LogP contribution < -0.4 is 4.90 Å². The fourth-order valence-electron chi connectivity index (χ4n) is 3.14. The van der Waals surface area contributed by atoms with Crippen LogP contribution in [0.25, 0.3) is 0 Å². The summed E-state index contributed by atoms with van der Waals surface area (Å²) < 4.78 is 0. The fourth-order valence-corrected chi connectivity index (χ4v) is 3.14. The van der Waals surface area contributed by atoms with Gasteiger partial charge in [0, 0.05) is 5.69 Å². The monoisotopic (exact) mass is 271 g/mol. The first-order valence-corrected chi connectivity index (χ1v) is 7.38. The van der Waals surface area contributed by atoms with Gasteiger partial charge in [0.05, 0.1) is 12.1 Å². The highest BCUT2D eigenvalue weighted by atomic mass is 15.4. The van der Waals surface area contributed by atoms with Gasteiger partial charge < -0.3 is 4.90 Å². The molecule has 0 spiro atoms. The summed E-state index contributed by atoms with van der Waals surface area (Å²) in [4.78, 5) is 2.49. The Hall–Kier alpha value is -2.54. The summed E-state index contributed by atoms with van der Waals surface area (Å²) >= 11 is 0. The lowest BCUT2D eigenvalue weighted by Crippen LogP contribution is -1.95. The second-order valence-corrected chi connectivity index (χ2v) is 5.45. The Balaban J connectivity index is 1.74. The molecule has 0 saturated carbocycles. The van der Waals surface area contributed by atoms with Gasteiger partial charge in [0.2, 0.25) is 0 Å². The molecule has 102 valence electrons. The molecular formula is C20H17N. The predicted octanol–water partition coefficient (Wildman–Crippen LogP) is 4.99. The lowest BCUT2D eigenvalue weighted by molar-refractivity contribution is 1.03. The van der Waals surface area contributed by atoms with E-state index in [1.165, 1.54) is 16.8 Å². The molecule has 1 aliphatic rings. The van der Waals surface area contributed by atoms with E-state index in [4.69, 9.17) is 0 Å². The summed E-state index contributed by atoms with van der Waals surface area (Å²) in [5.74, 6) is 0. The Morgan fingerprint density at radius 3 is 1.29 bits per heavy atom. The molecule has 21 heavy (non-hydrogen) atoms. The number of rotatable bonds is 3. The van der Waals surface area contributed by atoms with Crippen molar-refractivity contribution >= 4 is 5.69 Å². The molecule has 4 rings (SSSR count). The smallest absolute Gasteiger partial charge is 0.0795 e. The van der Waals surface area contributed by atoms with Crippen molar-refractivity contribution in [2.45, 2.75) is 12.1 Å². The number of hydrogen-bond acceptors (Lipinski definition) is 1. The van der Waals surface area contributed by atoms with E-state index in [1.54, 1.807) is 0 Å². The van der Waals surface area contributed by atoms with Crippen molar-refractivity contribution in [2.75, 3.05) is 4.90 Å². The zero-order chi connectivity index (χ0) is 14.1. The molecule has 1 fully saturated rings. The molecule has 0 unspecified atom stereocenters. The topological polar surface area (TPSA) is 3.01 Å². The van der Waals surface area contributed by atoms with E-state index < -0.39 is 0 Å². The lowest BCUT2D eigenvalue weighted by atomic mass is 10.0. The van der Waals surface area contributed by atoms with E-state index in [9.17, 15) is 0 Å². The molecule has 1 saturated heterocycles. The number of benzene rings is 3. The Morgan fingerprint density at radius 2 is 0.857 bits per heavy atom. The van der Waals surface area contributed by atoms with E-state index in [0.717, 1.165) is 0 Å². The molecule has 3 aromatic carbocycles. The molecule has 1 heteroatoms. The molecule has 0 bridgehead atoms. The van der Waals surface area contributed by atoms with Crippen LogP contribution in [0.15, 0.2) is 91.0 Å². The summed E-state index contributed by atoms with van der Waals surface area (Å²) in [6.45, 7) is 0. The van der Waals surface area contributed by atoms with Crippen LogP contribution in [0.5, 0.6) is 0 Å². The van der Waals surface area contributed by atoms with Gasteiger partial charge >= 0.3 is 0 Å². The van der Waals surface area contributed by atoms with Crippen molar-refractivity contribution in [3.8, 4) is 0 Å². The van der Waals surface area contributed by atoms with Gasteiger partial charge in [0.25, 0.3) is 0 Å². The summed E-state index contributed by atoms with van der Waals surface area (Å²) in [5.41, 5.74) is 4.06. The molecule has 2 atom stereocenters. The van der Waals surface area contributed by atoms with Crippen LogP contribution in [-0.4, -0.2) is 0 Å². The fraction of sp³-hybridized carbons (Fsp3) is 0.100. The van der Waals surface area contributed by atoms with Crippen LogP contribution in [0.3, 0.4) is 0 Å². The highest BCUT2D eigenvalue weighted by molar-refractivity contribution is 5.61. The number of hydrogen-bond donors (Lipinski definition) is 0. The second kappa shape index (κ2) is 5.10. The minimum Gasteiger partial charge on any atom is -0.353 e. The van der Waals surface area contributed by atoms with Crippen molar-refractivity contribution in [1.29, 1.82) is 0 Å². The number of nitrogens with zero attached hydrogens (tertiary/aromatic N) is 1. The molecule has 1 heterocycles. The largest absolute Gasteiger partial charge is 0.353 e. The van der Waals surface area contributed by atoms with Gasteiger partial charge in [-0.15, -0.1) is 0 Å². The number of anilines is 1. The molecule has 0 N–H and O–H groups in total. The van der Waals surface area contributed by atoms with E-state index in [1.807, 2.05) is 0 Å². The standard InChI is InChI=1S/C20H17N/c1-4-10-16(11-5-1)19-20(17-12-6-2-7-13-17)21(19)18-14-8-3-9-15-18/h1-15,19-20H/t19-,20-/m1/s1. The van der Waals surface area contributed by atoms with Crippen molar-refractivity contribution in [2.24, 2.45) is 0 Å². The van der Waals surface area contributed by atoms with Crippen LogP contribution >= 0.6 is 0 Å².